The van der Waals surface area contributed by atoms with Crippen LogP contribution in [0.4, 0.5) is 0 Å². The van der Waals surface area contributed by atoms with Gasteiger partial charge in [0.1, 0.15) is 96.7 Å². The van der Waals surface area contributed by atoms with Crippen molar-refractivity contribution >= 4 is 153 Å². The summed E-state index contributed by atoms with van der Waals surface area (Å²) in [5.41, 5.74) is 35.2. The van der Waals surface area contributed by atoms with E-state index in [0.29, 0.717) is 29.7 Å². The first-order valence-electron chi connectivity index (χ1n) is 47.6. The number of thioether (sulfide) groups is 2. The molecule has 3 rings (SSSR count). The Balaban J connectivity index is 1.78. The number of carbonyl (C=O) groups excluding carboxylic acids is 22. The number of nitrogens with two attached hydrogens (primary N) is 6. The second-order valence-electron chi connectivity index (χ2n) is 36.8. The molecule has 0 saturated carbocycles. The Labute approximate surface area is 849 Å². The summed E-state index contributed by atoms with van der Waals surface area (Å²) in [5.74, 6) is -24.1. The molecule has 1 aliphatic rings. The van der Waals surface area contributed by atoms with Gasteiger partial charge in [-0.15, -0.1) is 0 Å². The van der Waals surface area contributed by atoms with Gasteiger partial charge in [-0.3, -0.25) is 105 Å². The highest BCUT2D eigenvalue weighted by Crippen LogP contribution is 2.25. The van der Waals surface area contributed by atoms with Crippen molar-refractivity contribution in [1.82, 2.24) is 101 Å². The van der Waals surface area contributed by atoms with E-state index < -0.39 is 309 Å². The van der Waals surface area contributed by atoms with Gasteiger partial charge in [-0.1, -0.05) is 123 Å². The van der Waals surface area contributed by atoms with Crippen LogP contribution in [0, 0.1) is 17.8 Å². The van der Waals surface area contributed by atoms with Gasteiger partial charge >= 0.3 is 0 Å². The fourth-order valence-corrected chi connectivity index (χ4v) is 15.6. The SMILES string of the molecule is CSCC[C@H](NC(=O)CNC(=O)CNC(=O)[C@H](CO)NC(=O)[C@@H](N)CSC(C)(C)C)C(=O)N[C@H](C(=O)N[C@@H](CCCCN)C(=O)N[C@@H](CO)C(=O)N[C@@H](CC(N)=O)C(=O)N[C@@H](Cc1ccccc1)C(=O)N[C@H](C(=O)N1CCC[C@H]1C(=O)N[C@H](C(=O)N[C@@H](CC(N)=O)C(=O)N[C@H](C(=O)NCC(=O)N[C@@H](CO)C(=O)N[C@@H](CCCCN)C(=O)N[C@@H](C)C(=O)N[C@@H](Cc1ccccc1)C(N)=O)C(C)C)[C@@H](C)O)C(C)C)C(C)C. The van der Waals surface area contributed by atoms with Gasteiger partial charge in [0.2, 0.25) is 130 Å². The van der Waals surface area contributed by atoms with Crippen LogP contribution in [0.25, 0.3) is 0 Å². The number of hydrogen-bond donors (Lipinski definition) is 28. The van der Waals surface area contributed by atoms with Crippen LogP contribution in [-0.2, 0) is 118 Å². The van der Waals surface area contributed by atoms with Crippen molar-refractivity contribution in [2.45, 2.75) is 273 Å². The van der Waals surface area contributed by atoms with Crippen molar-refractivity contribution in [2.75, 3.05) is 76.9 Å². The topological polar surface area (TPSA) is 832 Å². The predicted octanol–water partition coefficient (Wildman–Crippen LogP) is -10.5. The second-order valence-corrected chi connectivity index (χ2v) is 39.7. The summed E-state index contributed by atoms with van der Waals surface area (Å²) in [6.45, 7) is 12.1. The molecule has 0 unspecified atom stereocenters. The highest BCUT2D eigenvalue weighted by molar-refractivity contribution is 8.00. The number of carbonyl (C=O) groups is 22. The Bertz CT molecular complexity index is 4700. The highest BCUT2D eigenvalue weighted by atomic mass is 32.2. The third kappa shape index (κ3) is 46.0. The molecule has 0 radical (unpaired) electrons. The third-order valence-corrected chi connectivity index (χ3v) is 24.6. The van der Waals surface area contributed by atoms with Crippen molar-refractivity contribution in [3.05, 3.63) is 71.8 Å². The standard InChI is InChI=1S/C92H149N25O26S2/c1-47(2)71(88(140)101-42-70(126)104-63(44-119)85(137)105-55(28-19-21-32-93)79(131)102-50(7)76(128)107-58(75(98)127)36-52-24-15-13-16-25-52)113-84(136)61(39-67(97)123)110-90(142)74(51(8)121)116-87(139)65-30-23-34-117(65)91(143)73(49(5)6)115-83(135)59(37-53-26-17-14-18-27-53)108-82(134)60(38-66(96)122)109-86(138)64(45-120)112-80(132)56(29-20-22-33-94)106-89(141)72(48(3)4)114-81(133)57(31-35-144-12)103-69(125)41-99-68(124)40-100-78(130)62(43-118)111-77(129)54(95)46-145-92(9,10)11/h13-18,24-27,47-51,54-65,71-74,118-121H,19-23,28-46,93-95H2,1-12H3,(H2,96,122)(H2,97,123)(H2,98,127)(H,99,124)(H,100,130)(H,101,140)(H,102,131)(H,103,125)(H,104,126)(H,105,137)(H,106,141)(H,107,128)(H,108,134)(H,109,138)(H,110,142)(H,111,129)(H,112,132)(H,113,136)(H,114,133)(H,115,135)(H,116,139)/t50-,51+,54-,55-,56-,57-,58-,59-,60-,61-,62-,63-,64-,65-,71-,72-,73-,74-/m0/s1. The Morgan fingerprint density at radius 1 is 0.400 bits per heavy atom. The number of benzene rings is 2. The molecule has 0 aromatic heterocycles. The maximum Gasteiger partial charge on any atom is 0.246 e. The monoisotopic (exact) mass is 2080 g/mol. The zero-order valence-corrected chi connectivity index (χ0v) is 85.5. The van der Waals surface area contributed by atoms with Crippen molar-refractivity contribution in [3.8, 4) is 0 Å². The third-order valence-electron chi connectivity index (χ3n) is 22.5. The van der Waals surface area contributed by atoms with E-state index in [2.05, 4.69) is 95.7 Å². The first-order valence-corrected chi connectivity index (χ1v) is 50.0. The number of aliphatic hydroxyl groups is 4. The number of hydrogen-bond acceptors (Lipinski definition) is 31. The lowest BCUT2D eigenvalue weighted by Gasteiger charge is -2.33. The molecule has 2 aromatic rings. The number of amides is 22. The molecule has 0 spiro atoms. The summed E-state index contributed by atoms with van der Waals surface area (Å²) in [6, 6.07) is -9.64. The number of rotatable bonds is 66. The van der Waals surface area contributed by atoms with Gasteiger partial charge < -0.3 is 155 Å². The number of likely N-dealkylation sites (tertiary alicyclic amines) is 1. The molecule has 1 fully saturated rings. The number of nitrogens with one attached hydrogen (secondary N) is 18. The average molecular weight is 2090 g/mol. The summed E-state index contributed by atoms with van der Waals surface area (Å²) in [4.78, 5) is 302. The van der Waals surface area contributed by atoms with Crippen LogP contribution < -0.4 is 130 Å². The Hall–Kier alpha value is -12.8. The van der Waals surface area contributed by atoms with Crippen LogP contribution >= 0.6 is 23.5 Å². The van der Waals surface area contributed by atoms with E-state index in [-0.39, 0.29) is 87.9 Å². The van der Waals surface area contributed by atoms with E-state index in [1.807, 2.05) is 20.8 Å². The van der Waals surface area contributed by atoms with Crippen LogP contribution in [0.5, 0.6) is 0 Å². The molecule has 145 heavy (non-hydrogen) atoms. The minimum Gasteiger partial charge on any atom is -0.394 e. The summed E-state index contributed by atoms with van der Waals surface area (Å²) in [7, 11) is 0. The van der Waals surface area contributed by atoms with E-state index in [1.165, 1.54) is 58.1 Å². The van der Waals surface area contributed by atoms with E-state index in [0.717, 1.165) is 11.8 Å². The number of primary amides is 3. The molecule has 1 aliphatic heterocycles. The van der Waals surface area contributed by atoms with Gasteiger partial charge in [-0.2, -0.15) is 23.5 Å². The van der Waals surface area contributed by atoms with Crippen molar-refractivity contribution in [1.29, 1.82) is 0 Å². The fourth-order valence-electron chi connectivity index (χ4n) is 14.3. The van der Waals surface area contributed by atoms with Crippen LogP contribution in [0.15, 0.2) is 60.7 Å². The van der Waals surface area contributed by atoms with Crippen LogP contribution in [0.2, 0.25) is 0 Å². The Kier molecular flexibility index (Phi) is 56.5. The minimum atomic E-state index is -1.97. The number of aliphatic hydroxyl groups excluding tert-OH is 4. The van der Waals surface area contributed by atoms with Gasteiger partial charge in [0.15, 0.2) is 0 Å². The fraction of sp³-hybridized carbons (Fsp3) is 0.630. The molecule has 0 bridgehead atoms. The first-order chi connectivity index (χ1) is 68.2. The van der Waals surface area contributed by atoms with E-state index in [1.54, 1.807) is 80.8 Å². The smallest absolute Gasteiger partial charge is 0.246 e. The van der Waals surface area contributed by atoms with Crippen molar-refractivity contribution in [3.63, 3.8) is 0 Å². The van der Waals surface area contributed by atoms with Crippen LogP contribution in [0.3, 0.4) is 0 Å². The summed E-state index contributed by atoms with van der Waals surface area (Å²) in [6.07, 6.45) is -1.18. The van der Waals surface area contributed by atoms with Gasteiger partial charge in [0.05, 0.1) is 64.4 Å². The maximum atomic E-state index is 14.9. The normalized spacial score (nSPS) is 15.9. The summed E-state index contributed by atoms with van der Waals surface area (Å²) >= 11 is 2.71. The lowest BCUT2D eigenvalue weighted by Crippen LogP contribution is -2.62. The molecule has 51 nitrogen and oxygen atoms in total. The Morgan fingerprint density at radius 2 is 0.772 bits per heavy atom. The minimum absolute atomic E-state index is 0.00158. The molecular formula is C92H149N25O26S2. The summed E-state index contributed by atoms with van der Waals surface area (Å²) in [5, 5.41) is 85.1. The second kappa shape index (κ2) is 64.8. The number of nitrogens with zero attached hydrogens (tertiary/aromatic N) is 1. The van der Waals surface area contributed by atoms with Crippen molar-refractivity contribution < 1.29 is 126 Å². The van der Waals surface area contributed by atoms with E-state index in [4.69, 9.17) is 34.4 Å². The zero-order valence-electron chi connectivity index (χ0n) is 83.9. The molecule has 53 heteroatoms. The lowest BCUT2D eigenvalue weighted by atomic mass is 9.99. The molecule has 0 aliphatic carbocycles. The van der Waals surface area contributed by atoms with Gasteiger partial charge in [0, 0.05) is 29.9 Å². The quantitative estimate of drug-likeness (QED) is 0.0274. The van der Waals surface area contributed by atoms with Crippen LogP contribution in [-0.4, -0.2) is 346 Å². The molecule has 1 heterocycles. The van der Waals surface area contributed by atoms with Gasteiger partial charge in [-0.05, 0) is 126 Å². The summed E-state index contributed by atoms with van der Waals surface area (Å²) < 4.78 is -0.220. The van der Waals surface area contributed by atoms with Gasteiger partial charge in [-0.25, -0.2) is 0 Å². The molecule has 22 amide bonds. The first kappa shape index (κ1) is 126. The largest absolute Gasteiger partial charge is 0.394 e. The lowest BCUT2D eigenvalue weighted by molar-refractivity contribution is -0.144. The van der Waals surface area contributed by atoms with E-state index >= 15 is 0 Å². The predicted molar refractivity (Wildman–Crippen MR) is 532 cm³/mol. The average Bonchev–Trinajstić information content (AvgIpc) is 1.66. The molecule has 810 valence electrons. The molecule has 18 atom stereocenters. The van der Waals surface area contributed by atoms with Crippen molar-refractivity contribution in [2.24, 2.45) is 52.2 Å². The molecule has 1 saturated heterocycles. The number of unbranched alkanes of at least 4 members (excludes halogenated alkanes) is 2. The maximum absolute atomic E-state index is 14.9. The molecule has 2 aromatic carbocycles. The van der Waals surface area contributed by atoms with Crippen LogP contribution in [0.1, 0.15) is 158 Å². The van der Waals surface area contributed by atoms with E-state index in [9.17, 15) is 126 Å². The van der Waals surface area contributed by atoms with Gasteiger partial charge in [0.25, 0.3) is 0 Å². The molecular weight excluding hydrogens is 1940 g/mol. The highest BCUT2D eigenvalue weighted by Gasteiger charge is 2.44. The Morgan fingerprint density at radius 3 is 1.26 bits per heavy atom. The molecule has 34 N–H and O–H groups in total. The zero-order chi connectivity index (χ0) is 109.